The second-order valence-corrected chi connectivity index (χ2v) is 5.71. The van der Waals surface area contributed by atoms with Gasteiger partial charge in [-0.2, -0.15) is 0 Å². The van der Waals surface area contributed by atoms with Gasteiger partial charge in [0.15, 0.2) is 0 Å². The van der Waals surface area contributed by atoms with Crippen LogP contribution < -0.4 is 5.09 Å². The van der Waals surface area contributed by atoms with Gasteiger partial charge >= 0.3 is 0 Å². The van der Waals surface area contributed by atoms with Gasteiger partial charge in [-0.1, -0.05) is 20.8 Å². The van der Waals surface area contributed by atoms with Crippen LogP contribution in [0.2, 0.25) is 0 Å². The highest BCUT2D eigenvalue weighted by atomic mass is 31.2. The van der Waals surface area contributed by atoms with Crippen molar-refractivity contribution in [3.05, 3.63) is 0 Å². The predicted octanol–water partition coefficient (Wildman–Crippen LogP) is 1.72. The van der Waals surface area contributed by atoms with Crippen molar-refractivity contribution in [2.24, 2.45) is 0 Å². The Morgan fingerprint density at radius 2 is 2.11 bits per heavy atom. The molecule has 0 radical (unpaired) electrons. The van der Waals surface area contributed by atoms with Crippen molar-refractivity contribution >= 4 is 8.30 Å². The summed E-state index contributed by atoms with van der Waals surface area (Å²) in [5.41, 5.74) is 0. The lowest BCUT2D eigenvalue weighted by Crippen LogP contribution is -2.17. The highest BCUT2D eigenvalue weighted by molar-refractivity contribution is 7.52. The summed E-state index contributed by atoms with van der Waals surface area (Å²) in [6.45, 7) is 8.54. The van der Waals surface area contributed by atoms with E-state index in [0.717, 1.165) is 13.2 Å². The molecule has 1 aliphatic heterocycles. The Morgan fingerprint density at radius 1 is 1.44 bits per heavy atom. The van der Waals surface area contributed by atoms with Crippen molar-refractivity contribution in [1.82, 2.24) is 5.09 Å². The second kappa shape index (κ2) is 2.53. The van der Waals surface area contributed by atoms with Crippen molar-refractivity contribution in [1.29, 1.82) is 0 Å². The molecule has 3 heteroatoms. The molecule has 0 saturated carbocycles. The fourth-order valence-corrected chi connectivity index (χ4v) is 2.28. The molecule has 0 spiro atoms. The molecule has 0 aromatic carbocycles. The van der Waals surface area contributed by atoms with Gasteiger partial charge in [-0.05, 0) is 0 Å². The molecule has 1 N–H and O–H groups in total. The summed E-state index contributed by atoms with van der Waals surface area (Å²) < 4.78 is 5.47. The molecule has 54 valence electrons. The minimum absolute atomic E-state index is 0.311. The molecule has 1 heterocycles. The lowest BCUT2D eigenvalue weighted by atomic mass is 10.3. The molecule has 1 atom stereocenters. The highest BCUT2D eigenvalue weighted by Crippen LogP contribution is 2.48. The van der Waals surface area contributed by atoms with Crippen LogP contribution in [0.1, 0.15) is 20.8 Å². The van der Waals surface area contributed by atoms with E-state index in [-0.39, 0.29) is 8.30 Å². The normalized spacial score (nSPS) is 29.0. The first-order chi connectivity index (χ1) is 4.11. The molecule has 1 saturated heterocycles. The Hall–Kier alpha value is 0.350. The Balaban J connectivity index is 2.42. The molecule has 0 aromatic heterocycles. The van der Waals surface area contributed by atoms with Gasteiger partial charge in [0.2, 0.25) is 0 Å². The molecule has 1 aliphatic rings. The lowest BCUT2D eigenvalue weighted by molar-refractivity contribution is 0.387. The summed E-state index contributed by atoms with van der Waals surface area (Å²) in [7, 11) is -0.336. The van der Waals surface area contributed by atoms with Gasteiger partial charge in [-0.25, -0.2) is 0 Å². The minimum atomic E-state index is -0.336. The van der Waals surface area contributed by atoms with E-state index in [2.05, 4.69) is 25.9 Å². The van der Waals surface area contributed by atoms with E-state index in [0.29, 0.717) is 5.16 Å². The maximum atomic E-state index is 5.47. The highest BCUT2D eigenvalue weighted by Gasteiger charge is 2.28. The van der Waals surface area contributed by atoms with Crippen molar-refractivity contribution in [3.63, 3.8) is 0 Å². The molecule has 1 rings (SSSR count). The number of hydrogen-bond acceptors (Lipinski definition) is 2. The van der Waals surface area contributed by atoms with Crippen LogP contribution in [0.3, 0.4) is 0 Å². The fraction of sp³-hybridized carbons (Fsp3) is 1.00. The van der Waals surface area contributed by atoms with Crippen LogP contribution >= 0.6 is 8.30 Å². The van der Waals surface area contributed by atoms with Crippen LogP contribution in [0.25, 0.3) is 0 Å². The Bertz CT molecular complexity index is 93.7. The predicted molar refractivity (Wildman–Crippen MR) is 40.6 cm³/mol. The zero-order chi connectivity index (χ0) is 6.91. The van der Waals surface area contributed by atoms with Gasteiger partial charge in [0.05, 0.1) is 6.61 Å². The van der Waals surface area contributed by atoms with Gasteiger partial charge in [-0.3, -0.25) is 5.09 Å². The smallest absolute Gasteiger partial charge is 0.107 e. The van der Waals surface area contributed by atoms with E-state index < -0.39 is 0 Å². The van der Waals surface area contributed by atoms with Gasteiger partial charge in [-0.15, -0.1) is 0 Å². The van der Waals surface area contributed by atoms with Gasteiger partial charge in [0.25, 0.3) is 0 Å². The summed E-state index contributed by atoms with van der Waals surface area (Å²) in [5.74, 6) is 0. The van der Waals surface area contributed by atoms with Gasteiger partial charge < -0.3 is 4.52 Å². The monoisotopic (exact) mass is 147 g/mol. The first kappa shape index (κ1) is 7.46. The third-order valence-corrected chi connectivity index (χ3v) is 3.36. The van der Waals surface area contributed by atoms with E-state index in [1.807, 2.05) is 0 Å². The first-order valence-electron chi connectivity index (χ1n) is 3.27. The average molecular weight is 147 g/mol. The third kappa shape index (κ3) is 1.89. The summed E-state index contributed by atoms with van der Waals surface area (Å²) in [6, 6.07) is 0. The van der Waals surface area contributed by atoms with Crippen molar-refractivity contribution in [3.8, 4) is 0 Å². The zero-order valence-electron chi connectivity index (χ0n) is 6.27. The van der Waals surface area contributed by atoms with Crippen LogP contribution in [0.4, 0.5) is 0 Å². The quantitative estimate of drug-likeness (QED) is 0.527. The molecule has 0 bridgehead atoms. The Kier molecular flexibility index (Phi) is 2.10. The van der Waals surface area contributed by atoms with E-state index in [9.17, 15) is 0 Å². The SMILES string of the molecule is CC(C)(C)P1NCCO1. The minimum Gasteiger partial charge on any atom is -0.342 e. The number of nitrogens with one attached hydrogen (secondary N) is 1. The molecular formula is C6H14NOP. The lowest BCUT2D eigenvalue weighted by Gasteiger charge is -2.24. The maximum absolute atomic E-state index is 5.47. The van der Waals surface area contributed by atoms with Gasteiger partial charge in [0, 0.05) is 11.7 Å². The maximum Gasteiger partial charge on any atom is 0.107 e. The molecule has 0 aliphatic carbocycles. The molecule has 0 amide bonds. The second-order valence-electron chi connectivity index (χ2n) is 3.21. The first-order valence-corrected chi connectivity index (χ1v) is 4.53. The number of hydrogen-bond donors (Lipinski definition) is 1. The molecule has 9 heavy (non-hydrogen) atoms. The Morgan fingerprint density at radius 3 is 2.33 bits per heavy atom. The third-order valence-electron chi connectivity index (χ3n) is 1.19. The van der Waals surface area contributed by atoms with Crippen molar-refractivity contribution < 1.29 is 4.52 Å². The molecule has 0 aromatic rings. The topological polar surface area (TPSA) is 21.3 Å². The molecule has 2 nitrogen and oxygen atoms in total. The molecular weight excluding hydrogens is 133 g/mol. The standard InChI is InChI=1S/C6H14NOP/c1-6(2,3)9-7-4-5-8-9/h7H,4-5H2,1-3H3. The van der Waals surface area contributed by atoms with Crippen molar-refractivity contribution in [2.45, 2.75) is 25.9 Å². The van der Waals surface area contributed by atoms with Crippen LogP contribution in [0, 0.1) is 0 Å². The van der Waals surface area contributed by atoms with Crippen molar-refractivity contribution in [2.75, 3.05) is 13.2 Å². The van der Waals surface area contributed by atoms with E-state index in [1.165, 1.54) is 0 Å². The van der Waals surface area contributed by atoms with Crippen LogP contribution in [-0.2, 0) is 4.52 Å². The van der Waals surface area contributed by atoms with E-state index in [1.54, 1.807) is 0 Å². The molecule has 1 fully saturated rings. The van der Waals surface area contributed by atoms with E-state index in [4.69, 9.17) is 4.52 Å². The molecule has 1 unspecified atom stereocenters. The van der Waals surface area contributed by atoms with Crippen LogP contribution in [0.5, 0.6) is 0 Å². The Labute approximate surface area is 57.9 Å². The summed E-state index contributed by atoms with van der Waals surface area (Å²) in [5, 5.41) is 3.65. The summed E-state index contributed by atoms with van der Waals surface area (Å²) in [4.78, 5) is 0. The largest absolute Gasteiger partial charge is 0.342 e. The number of rotatable bonds is 0. The average Bonchev–Trinajstić information content (AvgIpc) is 2.08. The van der Waals surface area contributed by atoms with E-state index >= 15 is 0 Å². The summed E-state index contributed by atoms with van der Waals surface area (Å²) in [6.07, 6.45) is 0. The zero-order valence-corrected chi connectivity index (χ0v) is 7.16. The fourth-order valence-electron chi connectivity index (χ4n) is 0.761. The van der Waals surface area contributed by atoms with Crippen LogP contribution in [-0.4, -0.2) is 18.3 Å². The van der Waals surface area contributed by atoms with Gasteiger partial charge in [0.1, 0.15) is 8.30 Å². The summed E-state index contributed by atoms with van der Waals surface area (Å²) >= 11 is 0. The van der Waals surface area contributed by atoms with Crippen LogP contribution in [0.15, 0.2) is 0 Å².